The van der Waals surface area contributed by atoms with Crippen LogP contribution in [0.15, 0.2) is 29.4 Å². The van der Waals surface area contributed by atoms with Gasteiger partial charge in [-0.25, -0.2) is 9.78 Å². The fourth-order valence-corrected chi connectivity index (χ4v) is 3.36. The molecule has 0 radical (unpaired) electrons. The second kappa shape index (κ2) is 6.02. The Kier molecular flexibility index (Phi) is 4.08. The van der Waals surface area contributed by atoms with Crippen LogP contribution in [-0.4, -0.2) is 27.2 Å². The SMILES string of the molecule is Cc1nc2n(c1C(=O)NC(=O)Nc1ccc(Cl)cc1)CCS2. The van der Waals surface area contributed by atoms with Gasteiger partial charge in [0.1, 0.15) is 5.69 Å². The lowest BCUT2D eigenvalue weighted by Crippen LogP contribution is -2.35. The molecule has 0 aliphatic carbocycles. The molecule has 3 rings (SSSR count). The Hall–Kier alpha value is -1.99. The second-order valence-corrected chi connectivity index (χ2v) is 6.24. The maximum Gasteiger partial charge on any atom is 0.326 e. The summed E-state index contributed by atoms with van der Waals surface area (Å²) in [5, 5.41) is 6.30. The molecule has 22 heavy (non-hydrogen) atoms. The van der Waals surface area contributed by atoms with E-state index >= 15 is 0 Å². The monoisotopic (exact) mass is 336 g/mol. The predicted octanol–water partition coefficient (Wildman–Crippen LogP) is 2.91. The average Bonchev–Trinajstić information content (AvgIpc) is 3.00. The second-order valence-electron chi connectivity index (χ2n) is 4.74. The molecule has 6 nitrogen and oxygen atoms in total. The Morgan fingerprint density at radius 3 is 2.77 bits per heavy atom. The first-order valence-corrected chi connectivity index (χ1v) is 7.99. The summed E-state index contributed by atoms with van der Waals surface area (Å²) < 4.78 is 1.84. The molecule has 2 heterocycles. The van der Waals surface area contributed by atoms with Crippen molar-refractivity contribution in [2.45, 2.75) is 18.6 Å². The highest BCUT2D eigenvalue weighted by molar-refractivity contribution is 7.99. The molecular formula is C14H13ClN4O2S. The van der Waals surface area contributed by atoms with Crippen LogP contribution in [0.5, 0.6) is 0 Å². The van der Waals surface area contributed by atoms with Crippen LogP contribution in [0.1, 0.15) is 16.2 Å². The molecule has 114 valence electrons. The van der Waals surface area contributed by atoms with E-state index in [1.54, 1.807) is 43.0 Å². The van der Waals surface area contributed by atoms with E-state index in [2.05, 4.69) is 15.6 Å². The minimum atomic E-state index is -0.590. The van der Waals surface area contributed by atoms with Crippen molar-refractivity contribution in [3.8, 4) is 0 Å². The third kappa shape index (κ3) is 2.95. The number of thioether (sulfide) groups is 1. The van der Waals surface area contributed by atoms with Gasteiger partial charge in [-0.05, 0) is 31.2 Å². The maximum atomic E-state index is 12.3. The molecule has 0 atom stereocenters. The number of fused-ring (bicyclic) bond motifs is 1. The van der Waals surface area contributed by atoms with E-state index in [0.717, 1.165) is 17.5 Å². The molecule has 2 aromatic rings. The molecule has 1 aliphatic rings. The van der Waals surface area contributed by atoms with Gasteiger partial charge in [0, 0.05) is 23.0 Å². The molecule has 8 heteroatoms. The number of halogens is 1. The van der Waals surface area contributed by atoms with E-state index in [4.69, 9.17) is 11.6 Å². The zero-order valence-electron chi connectivity index (χ0n) is 11.7. The first-order chi connectivity index (χ1) is 10.5. The Labute approximate surface area is 136 Å². The first kappa shape index (κ1) is 14.9. The summed E-state index contributed by atoms with van der Waals surface area (Å²) in [6.07, 6.45) is 0. The number of aromatic nitrogens is 2. The molecule has 0 spiro atoms. The number of aryl methyl sites for hydroxylation is 1. The minimum Gasteiger partial charge on any atom is -0.314 e. The number of hydrogen-bond acceptors (Lipinski definition) is 4. The minimum absolute atomic E-state index is 0.436. The summed E-state index contributed by atoms with van der Waals surface area (Å²) in [4.78, 5) is 28.5. The number of carbonyl (C=O) groups is 2. The van der Waals surface area contributed by atoms with Crippen LogP contribution < -0.4 is 10.6 Å². The average molecular weight is 337 g/mol. The summed E-state index contributed by atoms with van der Waals surface area (Å²) in [6.45, 7) is 2.49. The van der Waals surface area contributed by atoms with Crippen molar-refractivity contribution in [3.63, 3.8) is 0 Å². The molecule has 1 aromatic carbocycles. The molecule has 0 fully saturated rings. The number of hydrogen-bond donors (Lipinski definition) is 2. The van der Waals surface area contributed by atoms with Crippen molar-refractivity contribution in [1.82, 2.24) is 14.9 Å². The van der Waals surface area contributed by atoms with E-state index in [0.29, 0.717) is 22.1 Å². The number of carbonyl (C=O) groups excluding carboxylic acids is 2. The molecular weight excluding hydrogens is 324 g/mol. The van der Waals surface area contributed by atoms with Crippen LogP contribution in [0, 0.1) is 6.92 Å². The lowest BCUT2D eigenvalue weighted by molar-refractivity contribution is 0.0957. The van der Waals surface area contributed by atoms with Crippen molar-refractivity contribution in [2.24, 2.45) is 0 Å². The number of nitrogens with zero attached hydrogens (tertiary/aromatic N) is 2. The zero-order valence-corrected chi connectivity index (χ0v) is 13.3. The third-order valence-electron chi connectivity index (χ3n) is 3.20. The smallest absolute Gasteiger partial charge is 0.314 e. The molecule has 2 N–H and O–H groups in total. The Morgan fingerprint density at radius 2 is 2.05 bits per heavy atom. The third-order valence-corrected chi connectivity index (χ3v) is 4.41. The van der Waals surface area contributed by atoms with Crippen molar-refractivity contribution in [2.75, 3.05) is 11.1 Å². The van der Waals surface area contributed by atoms with Gasteiger partial charge in [-0.1, -0.05) is 23.4 Å². The standard InChI is InChI=1S/C14H13ClN4O2S/c1-8-11(19-6-7-22-14(19)16-8)12(20)18-13(21)17-10-4-2-9(15)3-5-10/h2-5H,6-7H2,1H3,(H2,17,18,20,21). The fourth-order valence-electron chi connectivity index (χ4n) is 2.24. The van der Waals surface area contributed by atoms with Gasteiger partial charge in [0.15, 0.2) is 5.16 Å². The van der Waals surface area contributed by atoms with Gasteiger partial charge in [-0.15, -0.1) is 0 Å². The zero-order chi connectivity index (χ0) is 15.7. The van der Waals surface area contributed by atoms with Crippen LogP contribution in [0.2, 0.25) is 5.02 Å². The summed E-state index contributed by atoms with van der Waals surface area (Å²) in [5.74, 6) is 0.435. The van der Waals surface area contributed by atoms with Crippen molar-refractivity contribution in [3.05, 3.63) is 40.7 Å². The molecule has 0 unspecified atom stereocenters. The summed E-state index contributed by atoms with van der Waals surface area (Å²) in [5.41, 5.74) is 1.62. The van der Waals surface area contributed by atoms with Crippen LogP contribution in [-0.2, 0) is 6.54 Å². The highest BCUT2D eigenvalue weighted by Gasteiger charge is 2.25. The quantitative estimate of drug-likeness (QED) is 0.884. The van der Waals surface area contributed by atoms with Crippen molar-refractivity contribution >= 4 is 41.0 Å². The molecule has 1 aliphatic heterocycles. The van der Waals surface area contributed by atoms with Crippen LogP contribution in [0.3, 0.4) is 0 Å². The maximum absolute atomic E-state index is 12.3. The Morgan fingerprint density at radius 1 is 1.32 bits per heavy atom. The van der Waals surface area contributed by atoms with Gasteiger partial charge < -0.3 is 9.88 Å². The Bertz CT molecular complexity index is 742. The lowest BCUT2D eigenvalue weighted by Gasteiger charge is -2.08. The van der Waals surface area contributed by atoms with E-state index in [1.165, 1.54) is 0 Å². The number of rotatable bonds is 2. The van der Waals surface area contributed by atoms with Crippen molar-refractivity contribution < 1.29 is 9.59 Å². The van der Waals surface area contributed by atoms with Gasteiger partial charge in [0.25, 0.3) is 5.91 Å². The summed E-state index contributed by atoms with van der Waals surface area (Å²) >= 11 is 7.38. The molecule has 0 saturated carbocycles. The lowest BCUT2D eigenvalue weighted by atomic mass is 10.3. The molecule has 3 amide bonds. The largest absolute Gasteiger partial charge is 0.326 e. The Balaban J connectivity index is 1.69. The van der Waals surface area contributed by atoms with Gasteiger partial charge in [-0.2, -0.15) is 0 Å². The number of benzene rings is 1. The predicted molar refractivity (Wildman–Crippen MR) is 85.6 cm³/mol. The fraction of sp³-hybridized carbons (Fsp3) is 0.214. The number of imidazole rings is 1. The number of amides is 3. The number of anilines is 1. The van der Waals surface area contributed by atoms with Crippen LogP contribution in [0.4, 0.5) is 10.5 Å². The molecule has 1 aromatic heterocycles. The van der Waals surface area contributed by atoms with Gasteiger partial charge in [0.2, 0.25) is 0 Å². The number of nitrogens with one attached hydrogen (secondary N) is 2. The number of urea groups is 1. The first-order valence-electron chi connectivity index (χ1n) is 6.62. The molecule has 0 bridgehead atoms. The highest BCUT2D eigenvalue weighted by atomic mass is 35.5. The molecule has 0 saturated heterocycles. The summed E-state index contributed by atoms with van der Waals surface area (Å²) in [7, 11) is 0. The number of imide groups is 1. The van der Waals surface area contributed by atoms with E-state index in [9.17, 15) is 9.59 Å². The highest BCUT2D eigenvalue weighted by Crippen LogP contribution is 2.27. The van der Waals surface area contributed by atoms with Crippen molar-refractivity contribution in [1.29, 1.82) is 0 Å². The topological polar surface area (TPSA) is 76.0 Å². The van der Waals surface area contributed by atoms with E-state index in [1.807, 2.05) is 4.57 Å². The van der Waals surface area contributed by atoms with Gasteiger partial charge in [-0.3, -0.25) is 10.1 Å². The normalized spacial score (nSPS) is 12.8. The van der Waals surface area contributed by atoms with E-state index < -0.39 is 11.9 Å². The van der Waals surface area contributed by atoms with E-state index in [-0.39, 0.29) is 0 Å². The van der Waals surface area contributed by atoms with Gasteiger partial charge in [0.05, 0.1) is 5.69 Å². The van der Waals surface area contributed by atoms with Crippen LogP contribution >= 0.6 is 23.4 Å². The van der Waals surface area contributed by atoms with Gasteiger partial charge >= 0.3 is 6.03 Å². The van der Waals surface area contributed by atoms with Crippen LogP contribution in [0.25, 0.3) is 0 Å². The summed E-state index contributed by atoms with van der Waals surface area (Å²) in [6, 6.07) is 6.04.